The van der Waals surface area contributed by atoms with Crippen LogP contribution < -0.4 is 11.1 Å². The molecule has 6 nitrogen and oxygen atoms in total. The maximum Gasteiger partial charge on any atom is 0.229 e. The fraction of sp³-hybridized carbons (Fsp3) is 0.700. The minimum atomic E-state index is 0.113. The number of nitrogens with one attached hydrogen (secondary N) is 1. The maximum absolute atomic E-state index is 5.73. The number of ether oxygens (including phenoxy) is 1. The van der Waals surface area contributed by atoms with Crippen LogP contribution in [0, 0.1) is 5.92 Å². The summed E-state index contributed by atoms with van der Waals surface area (Å²) in [6.45, 7) is 0.785. The minimum absolute atomic E-state index is 0.113. The van der Waals surface area contributed by atoms with E-state index in [1.54, 1.807) is 0 Å². The first-order valence-corrected chi connectivity index (χ1v) is 6.15. The molecule has 17 heavy (non-hydrogen) atoms. The summed E-state index contributed by atoms with van der Waals surface area (Å²) in [5, 5.41) is 3.36. The highest BCUT2D eigenvalue weighted by molar-refractivity contribution is 6.28. The Labute approximate surface area is 104 Å². The van der Waals surface area contributed by atoms with Gasteiger partial charge in [0.25, 0.3) is 0 Å². The Morgan fingerprint density at radius 2 is 2.06 bits per heavy atom. The summed E-state index contributed by atoms with van der Waals surface area (Å²) in [7, 11) is 0. The number of hydrogen-bond acceptors (Lipinski definition) is 6. The van der Waals surface area contributed by atoms with Gasteiger partial charge in [-0.3, -0.25) is 0 Å². The van der Waals surface area contributed by atoms with Crippen LogP contribution in [0.1, 0.15) is 19.3 Å². The van der Waals surface area contributed by atoms with E-state index >= 15 is 0 Å². The van der Waals surface area contributed by atoms with Crippen LogP contribution in [0.3, 0.4) is 0 Å². The molecular weight excluding hydrogens is 242 g/mol. The van der Waals surface area contributed by atoms with Crippen LogP contribution in [0.15, 0.2) is 0 Å². The van der Waals surface area contributed by atoms with E-state index in [9.17, 15) is 0 Å². The monoisotopic (exact) mass is 255 g/mol. The van der Waals surface area contributed by atoms with Gasteiger partial charge >= 0.3 is 0 Å². The zero-order valence-corrected chi connectivity index (χ0v) is 10.0. The molecule has 7 heteroatoms. The van der Waals surface area contributed by atoms with Crippen LogP contribution >= 0.6 is 11.6 Å². The van der Waals surface area contributed by atoms with E-state index in [1.807, 2.05) is 0 Å². The maximum atomic E-state index is 5.73. The average Bonchev–Trinajstić information content (AvgIpc) is 2.99. The highest BCUT2D eigenvalue weighted by Gasteiger charge is 2.40. The van der Waals surface area contributed by atoms with Crippen molar-refractivity contribution < 1.29 is 4.74 Å². The standard InChI is InChI=1S/C10H14ClN5O/c11-8-14-9(12)16-10(15-8)13-6-3-4-17-7(6)5-1-2-5/h5-7H,1-4H2,(H3,12,13,14,15,16). The van der Waals surface area contributed by atoms with Crippen molar-refractivity contribution in [2.75, 3.05) is 17.7 Å². The van der Waals surface area contributed by atoms with Crippen molar-refractivity contribution in [3.63, 3.8) is 0 Å². The summed E-state index contributed by atoms with van der Waals surface area (Å²) in [6, 6.07) is 0.250. The van der Waals surface area contributed by atoms with Gasteiger partial charge in [-0.1, -0.05) is 0 Å². The number of rotatable bonds is 3. The first-order valence-electron chi connectivity index (χ1n) is 5.77. The van der Waals surface area contributed by atoms with Crippen molar-refractivity contribution >= 4 is 23.5 Å². The van der Waals surface area contributed by atoms with E-state index in [-0.39, 0.29) is 23.4 Å². The molecule has 1 aromatic rings. The lowest BCUT2D eigenvalue weighted by atomic mass is 10.1. The summed E-state index contributed by atoms with van der Waals surface area (Å²) < 4.78 is 5.72. The fourth-order valence-electron chi connectivity index (χ4n) is 2.25. The fourth-order valence-corrected chi connectivity index (χ4v) is 2.42. The van der Waals surface area contributed by atoms with Crippen LogP contribution in [0.25, 0.3) is 0 Å². The molecule has 92 valence electrons. The zero-order chi connectivity index (χ0) is 11.8. The van der Waals surface area contributed by atoms with Crippen molar-refractivity contribution in [3.8, 4) is 0 Å². The van der Waals surface area contributed by atoms with Crippen LogP contribution in [-0.4, -0.2) is 33.7 Å². The van der Waals surface area contributed by atoms with E-state index in [0.717, 1.165) is 13.0 Å². The molecule has 0 aromatic carbocycles. The number of hydrogen-bond donors (Lipinski definition) is 2. The number of nitrogens with two attached hydrogens (primary N) is 1. The second-order valence-corrected chi connectivity index (χ2v) is 4.84. The van der Waals surface area contributed by atoms with Gasteiger partial charge in [-0.05, 0) is 36.8 Å². The van der Waals surface area contributed by atoms with Gasteiger partial charge in [-0.2, -0.15) is 15.0 Å². The number of nitrogen functional groups attached to an aromatic ring is 1. The molecule has 0 bridgehead atoms. The van der Waals surface area contributed by atoms with Gasteiger partial charge in [-0.25, -0.2) is 0 Å². The molecule has 1 saturated carbocycles. The molecule has 3 rings (SSSR count). The Balaban J connectivity index is 1.72. The molecule has 2 atom stereocenters. The highest BCUT2D eigenvalue weighted by atomic mass is 35.5. The van der Waals surface area contributed by atoms with E-state index in [0.29, 0.717) is 11.9 Å². The second-order valence-electron chi connectivity index (χ2n) is 4.50. The van der Waals surface area contributed by atoms with Crippen molar-refractivity contribution in [3.05, 3.63) is 5.28 Å². The van der Waals surface area contributed by atoms with Crippen LogP contribution in [0.2, 0.25) is 5.28 Å². The van der Waals surface area contributed by atoms with Crippen molar-refractivity contribution in [1.29, 1.82) is 0 Å². The summed E-state index contributed by atoms with van der Waals surface area (Å²) >= 11 is 5.73. The van der Waals surface area contributed by atoms with Gasteiger partial charge in [0, 0.05) is 6.61 Å². The Morgan fingerprint density at radius 3 is 2.76 bits per heavy atom. The number of nitrogens with zero attached hydrogens (tertiary/aromatic N) is 3. The zero-order valence-electron chi connectivity index (χ0n) is 9.27. The molecule has 3 N–H and O–H groups in total. The number of halogens is 1. The summed E-state index contributed by atoms with van der Waals surface area (Å²) in [5.74, 6) is 1.25. The van der Waals surface area contributed by atoms with E-state index in [1.165, 1.54) is 12.8 Å². The molecule has 2 heterocycles. The Kier molecular flexibility index (Phi) is 2.76. The van der Waals surface area contributed by atoms with Gasteiger partial charge in [0.2, 0.25) is 17.2 Å². The van der Waals surface area contributed by atoms with Crippen LogP contribution in [-0.2, 0) is 4.74 Å². The van der Waals surface area contributed by atoms with Gasteiger partial charge in [0.05, 0.1) is 12.1 Å². The van der Waals surface area contributed by atoms with Gasteiger partial charge < -0.3 is 15.8 Å². The molecule has 1 aliphatic carbocycles. The largest absolute Gasteiger partial charge is 0.376 e. The summed E-state index contributed by atoms with van der Waals surface area (Å²) in [6.07, 6.45) is 3.74. The normalized spacial score (nSPS) is 28.3. The summed E-state index contributed by atoms with van der Waals surface area (Å²) in [5.41, 5.74) is 5.52. The molecule has 1 aromatic heterocycles. The predicted molar refractivity (Wildman–Crippen MR) is 63.7 cm³/mol. The van der Waals surface area contributed by atoms with Gasteiger partial charge in [0.15, 0.2) is 0 Å². The van der Waals surface area contributed by atoms with E-state index in [4.69, 9.17) is 22.1 Å². The predicted octanol–water partition coefficient (Wildman–Crippen LogP) is 1.09. The third-order valence-corrected chi connectivity index (χ3v) is 3.33. The quantitative estimate of drug-likeness (QED) is 0.841. The average molecular weight is 256 g/mol. The molecule has 0 amide bonds. The molecule has 2 aliphatic rings. The first kappa shape index (κ1) is 11.0. The number of anilines is 2. The molecular formula is C10H14ClN5O. The lowest BCUT2D eigenvalue weighted by molar-refractivity contribution is 0.0897. The van der Waals surface area contributed by atoms with Crippen LogP contribution in [0.4, 0.5) is 11.9 Å². The molecule has 1 aliphatic heterocycles. The first-order chi connectivity index (χ1) is 8.22. The second kappa shape index (κ2) is 4.27. The molecule has 0 radical (unpaired) electrons. The smallest absolute Gasteiger partial charge is 0.229 e. The summed E-state index contributed by atoms with van der Waals surface area (Å²) in [4.78, 5) is 11.7. The molecule has 2 unspecified atom stereocenters. The SMILES string of the molecule is Nc1nc(Cl)nc(NC2CCOC2C2CC2)n1. The van der Waals surface area contributed by atoms with Crippen molar-refractivity contribution in [2.24, 2.45) is 5.92 Å². The number of aromatic nitrogens is 3. The van der Waals surface area contributed by atoms with Crippen molar-refractivity contribution in [2.45, 2.75) is 31.4 Å². The molecule has 2 fully saturated rings. The van der Waals surface area contributed by atoms with Crippen molar-refractivity contribution in [1.82, 2.24) is 15.0 Å². The molecule has 0 spiro atoms. The van der Waals surface area contributed by atoms with Crippen LogP contribution in [0.5, 0.6) is 0 Å². The van der Waals surface area contributed by atoms with Gasteiger partial charge in [0.1, 0.15) is 0 Å². The Hall–Kier alpha value is -1.14. The minimum Gasteiger partial charge on any atom is -0.376 e. The topological polar surface area (TPSA) is 86.0 Å². The lowest BCUT2D eigenvalue weighted by Gasteiger charge is -2.19. The third-order valence-electron chi connectivity index (χ3n) is 3.16. The highest BCUT2D eigenvalue weighted by Crippen LogP contribution is 2.39. The van der Waals surface area contributed by atoms with E-state index < -0.39 is 0 Å². The Bertz CT molecular complexity index is 405. The van der Waals surface area contributed by atoms with E-state index in [2.05, 4.69) is 20.3 Å². The lowest BCUT2D eigenvalue weighted by Crippen LogP contribution is -2.31. The van der Waals surface area contributed by atoms with Gasteiger partial charge in [-0.15, -0.1) is 0 Å². The molecule has 1 saturated heterocycles. The third kappa shape index (κ3) is 2.42. The Morgan fingerprint density at radius 1 is 1.24 bits per heavy atom.